The summed E-state index contributed by atoms with van der Waals surface area (Å²) < 4.78 is 33.5. The van der Waals surface area contributed by atoms with Gasteiger partial charge in [-0.05, 0) is 12.3 Å². The molecule has 0 spiro atoms. The lowest BCUT2D eigenvalue weighted by Crippen LogP contribution is -2.04. The Kier molecular flexibility index (Phi) is 22.0. The Labute approximate surface area is 188 Å². The van der Waals surface area contributed by atoms with Gasteiger partial charge >= 0.3 is 10.4 Å². The van der Waals surface area contributed by atoms with Crippen LogP contribution >= 0.6 is 0 Å². The summed E-state index contributed by atoms with van der Waals surface area (Å²) in [6.45, 7) is 4.77. The van der Waals surface area contributed by atoms with Crippen molar-refractivity contribution in [3.05, 3.63) is 0 Å². The van der Waals surface area contributed by atoms with Crippen molar-refractivity contribution in [2.24, 2.45) is 5.92 Å². The lowest BCUT2D eigenvalue weighted by atomic mass is 9.99. The van der Waals surface area contributed by atoms with Crippen molar-refractivity contribution >= 4 is 10.4 Å². The Hall–Kier alpha value is -0.130. The van der Waals surface area contributed by atoms with E-state index in [2.05, 4.69) is 18.0 Å². The summed E-state index contributed by atoms with van der Waals surface area (Å²) in [5.74, 6) is 0.922. The fourth-order valence-corrected chi connectivity index (χ4v) is 4.30. The summed E-state index contributed by atoms with van der Waals surface area (Å²) in [4.78, 5) is 0. The van der Waals surface area contributed by atoms with Gasteiger partial charge in [-0.25, -0.2) is 4.18 Å². The number of hydrogen-bond acceptors (Lipinski definition) is 3. The third-order valence-electron chi connectivity index (χ3n) is 6.27. The maximum Gasteiger partial charge on any atom is 0.397 e. The van der Waals surface area contributed by atoms with E-state index in [1.807, 2.05) is 0 Å². The van der Waals surface area contributed by atoms with E-state index >= 15 is 0 Å². The first-order valence-corrected chi connectivity index (χ1v) is 14.4. The van der Waals surface area contributed by atoms with E-state index in [4.69, 9.17) is 4.55 Å². The van der Waals surface area contributed by atoms with Gasteiger partial charge in [0.1, 0.15) is 0 Å². The summed E-state index contributed by atoms with van der Waals surface area (Å²) in [7, 11) is -4.25. The molecule has 0 saturated carbocycles. The molecule has 1 unspecified atom stereocenters. The van der Waals surface area contributed by atoms with E-state index in [-0.39, 0.29) is 6.61 Å². The van der Waals surface area contributed by atoms with Crippen LogP contribution in [0, 0.1) is 5.92 Å². The van der Waals surface area contributed by atoms with E-state index in [9.17, 15) is 8.42 Å². The van der Waals surface area contributed by atoms with Gasteiger partial charge in [0.2, 0.25) is 0 Å². The van der Waals surface area contributed by atoms with Gasteiger partial charge in [0.25, 0.3) is 0 Å². The topological polar surface area (TPSA) is 63.6 Å². The van der Waals surface area contributed by atoms with Gasteiger partial charge in [0, 0.05) is 0 Å². The molecule has 0 aliphatic rings. The van der Waals surface area contributed by atoms with Crippen LogP contribution in [-0.4, -0.2) is 19.6 Å². The normalized spacial score (nSPS) is 13.0. The second kappa shape index (κ2) is 22.1. The van der Waals surface area contributed by atoms with Gasteiger partial charge in [-0.3, -0.25) is 4.55 Å². The summed E-state index contributed by atoms with van der Waals surface area (Å²) in [6, 6.07) is 0. The van der Waals surface area contributed by atoms with E-state index in [1.54, 1.807) is 0 Å². The standard InChI is InChI=1S/C25H52O4S/c1-3-25(2)23-21-19-17-15-13-11-9-7-5-4-6-8-10-12-14-16-18-20-22-24-29-30(26,27)28/h25H,3-24H2,1-2H3,(H,26,27,28). The van der Waals surface area contributed by atoms with Crippen LogP contribution in [0.1, 0.15) is 149 Å². The van der Waals surface area contributed by atoms with Gasteiger partial charge in [-0.1, -0.05) is 142 Å². The molecule has 1 atom stereocenters. The smallest absolute Gasteiger partial charge is 0.264 e. The maximum atomic E-state index is 10.4. The summed E-state index contributed by atoms with van der Waals surface area (Å²) >= 11 is 0. The SMILES string of the molecule is CCC(C)CCCCCCCCCCCCCCCCCCCCCOS(=O)(=O)O. The molecule has 30 heavy (non-hydrogen) atoms. The van der Waals surface area contributed by atoms with E-state index in [0.29, 0.717) is 6.42 Å². The van der Waals surface area contributed by atoms with Crippen molar-refractivity contribution in [2.75, 3.05) is 6.61 Å². The molecule has 5 heteroatoms. The van der Waals surface area contributed by atoms with Crippen molar-refractivity contribution in [3.63, 3.8) is 0 Å². The van der Waals surface area contributed by atoms with Crippen molar-refractivity contribution in [1.29, 1.82) is 0 Å². The van der Waals surface area contributed by atoms with Crippen LogP contribution in [0.5, 0.6) is 0 Å². The molecule has 0 radical (unpaired) electrons. The summed E-state index contributed by atoms with van der Waals surface area (Å²) in [5.41, 5.74) is 0. The third-order valence-corrected chi connectivity index (χ3v) is 6.73. The highest BCUT2D eigenvalue weighted by molar-refractivity contribution is 7.80. The summed E-state index contributed by atoms with van der Waals surface area (Å²) in [5, 5.41) is 0. The molecular formula is C25H52O4S. The van der Waals surface area contributed by atoms with Gasteiger partial charge in [-0.15, -0.1) is 0 Å². The number of unbranched alkanes of at least 4 members (excludes halogenated alkanes) is 18. The zero-order chi connectivity index (χ0) is 22.3. The van der Waals surface area contributed by atoms with Gasteiger partial charge in [0.15, 0.2) is 0 Å². The van der Waals surface area contributed by atoms with Crippen LogP contribution in [0.3, 0.4) is 0 Å². The quantitative estimate of drug-likeness (QED) is 0.118. The Bertz CT molecular complexity index is 436. The van der Waals surface area contributed by atoms with E-state index in [1.165, 1.54) is 116 Å². The maximum absolute atomic E-state index is 10.4. The largest absolute Gasteiger partial charge is 0.397 e. The predicted octanol–water partition coefficient (Wildman–Crippen LogP) is 8.65. The van der Waals surface area contributed by atoms with Crippen molar-refractivity contribution in [1.82, 2.24) is 0 Å². The van der Waals surface area contributed by atoms with Gasteiger partial charge < -0.3 is 0 Å². The lowest BCUT2D eigenvalue weighted by molar-refractivity contribution is 0.261. The first-order chi connectivity index (χ1) is 14.5. The van der Waals surface area contributed by atoms with Crippen LogP contribution in [0.15, 0.2) is 0 Å². The molecule has 182 valence electrons. The average Bonchev–Trinajstić information content (AvgIpc) is 2.70. The van der Waals surface area contributed by atoms with Gasteiger partial charge in [-0.2, -0.15) is 8.42 Å². The third kappa shape index (κ3) is 25.9. The highest BCUT2D eigenvalue weighted by Crippen LogP contribution is 2.16. The molecule has 0 amide bonds. The van der Waals surface area contributed by atoms with Crippen LogP contribution < -0.4 is 0 Å². The molecule has 0 heterocycles. The minimum Gasteiger partial charge on any atom is -0.264 e. The molecule has 0 fully saturated rings. The minimum atomic E-state index is -4.25. The Morgan fingerprint density at radius 1 is 0.600 bits per heavy atom. The van der Waals surface area contributed by atoms with E-state index < -0.39 is 10.4 Å². The highest BCUT2D eigenvalue weighted by atomic mass is 32.3. The highest BCUT2D eigenvalue weighted by Gasteiger charge is 2.02. The zero-order valence-electron chi connectivity index (χ0n) is 20.2. The van der Waals surface area contributed by atoms with Crippen LogP contribution in [0.4, 0.5) is 0 Å². The first kappa shape index (κ1) is 29.9. The molecule has 0 saturated heterocycles. The monoisotopic (exact) mass is 448 g/mol. The van der Waals surface area contributed by atoms with Crippen molar-refractivity contribution < 1.29 is 17.2 Å². The number of rotatable bonds is 24. The Balaban J connectivity index is 3.07. The molecule has 0 aromatic heterocycles. The molecule has 0 aliphatic carbocycles. The van der Waals surface area contributed by atoms with Crippen molar-refractivity contribution in [3.8, 4) is 0 Å². The van der Waals surface area contributed by atoms with Crippen LogP contribution in [0.25, 0.3) is 0 Å². The molecule has 4 nitrogen and oxygen atoms in total. The molecule has 0 rings (SSSR count). The van der Waals surface area contributed by atoms with E-state index in [0.717, 1.165) is 18.8 Å². The molecule has 0 aromatic carbocycles. The Morgan fingerprint density at radius 3 is 1.20 bits per heavy atom. The zero-order valence-corrected chi connectivity index (χ0v) is 21.0. The average molecular weight is 449 g/mol. The van der Waals surface area contributed by atoms with Gasteiger partial charge in [0.05, 0.1) is 6.61 Å². The predicted molar refractivity (Wildman–Crippen MR) is 129 cm³/mol. The lowest BCUT2D eigenvalue weighted by Gasteiger charge is -2.07. The van der Waals surface area contributed by atoms with Crippen LogP contribution in [0.2, 0.25) is 0 Å². The fraction of sp³-hybridized carbons (Fsp3) is 1.00. The van der Waals surface area contributed by atoms with Crippen molar-refractivity contribution in [2.45, 2.75) is 149 Å². The second-order valence-electron chi connectivity index (χ2n) is 9.27. The molecular weight excluding hydrogens is 396 g/mol. The summed E-state index contributed by atoms with van der Waals surface area (Å²) in [6.07, 6.45) is 27.8. The van der Waals surface area contributed by atoms with Crippen LogP contribution in [-0.2, 0) is 14.6 Å². The first-order valence-electron chi connectivity index (χ1n) is 13.1. The number of hydrogen-bond donors (Lipinski definition) is 1. The molecule has 1 N–H and O–H groups in total. The second-order valence-corrected chi connectivity index (χ2v) is 10.4. The Morgan fingerprint density at radius 2 is 0.900 bits per heavy atom. The molecule has 0 aromatic rings. The molecule has 0 bridgehead atoms. The fourth-order valence-electron chi connectivity index (χ4n) is 3.97. The molecule has 0 aliphatic heterocycles. The minimum absolute atomic E-state index is 0.0946.